The zero-order valence-corrected chi connectivity index (χ0v) is 12.3. The van der Waals surface area contributed by atoms with Crippen LogP contribution in [0.1, 0.15) is 10.4 Å². The summed E-state index contributed by atoms with van der Waals surface area (Å²) in [6.45, 7) is 0. The van der Waals surface area contributed by atoms with Gasteiger partial charge in [0.15, 0.2) is 0 Å². The average Bonchev–Trinajstić information content (AvgIpc) is 2.32. The van der Waals surface area contributed by atoms with Crippen LogP contribution >= 0.6 is 27.5 Å². The first kappa shape index (κ1) is 15.8. The summed E-state index contributed by atoms with van der Waals surface area (Å²) in [4.78, 5) is 11.9. The lowest BCUT2D eigenvalue weighted by molar-refractivity contribution is 0.101. The standard InChI is InChI=1S/C13H5BrClF4NO/c14-7-1-5(16)2-8(15)12(7)20-13(21)11-9(18)3-6(17)4-10(11)19/h1-4H,(H,20,21). The molecule has 0 heterocycles. The minimum absolute atomic E-state index is 0.0637. The fourth-order valence-corrected chi connectivity index (χ4v) is 2.50. The smallest absolute Gasteiger partial charge is 0.261 e. The lowest BCUT2D eigenvalue weighted by Gasteiger charge is -2.11. The van der Waals surface area contributed by atoms with Crippen LogP contribution in [0.4, 0.5) is 23.2 Å². The van der Waals surface area contributed by atoms with E-state index in [0.717, 1.165) is 12.1 Å². The number of amides is 1. The summed E-state index contributed by atoms with van der Waals surface area (Å²) in [6, 6.07) is 2.68. The SMILES string of the molecule is O=C(Nc1c(Cl)cc(F)cc1Br)c1c(F)cc(F)cc1F. The minimum atomic E-state index is -1.36. The Labute approximate surface area is 129 Å². The fourth-order valence-electron chi connectivity index (χ4n) is 1.60. The van der Waals surface area contributed by atoms with Gasteiger partial charge >= 0.3 is 0 Å². The van der Waals surface area contributed by atoms with Crippen molar-refractivity contribution in [1.29, 1.82) is 0 Å². The number of nitrogens with one attached hydrogen (secondary N) is 1. The van der Waals surface area contributed by atoms with Gasteiger partial charge in [0.1, 0.15) is 28.8 Å². The van der Waals surface area contributed by atoms with E-state index >= 15 is 0 Å². The van der Waals surface area contributed by atoms with Gasteiger partial charge in [0.05, 0.1) is 10.7 Å². The first-order chi connectivity index (χ1) is 9.79. The van der Waals surface area contributed by atoms with E-state index in [9.17, 15) is 22.4 Å². The van der Waals surface area contributed by atoms with Crippen LogP contribution in [-0.2, 0) is 0 Å². The van der Waals surface area contributed by atoms with Crippen molar-refractivity contribution in [2.24, 2.45) is 0 Å². The summed E-state index contributed by atoms with van der Waals surface area (Å²) < 4.78 is 52.9. The van der Waals surface area contributed by atoms with Crippen molar-refractivity contribution < 1.29 is 22.4 Å². The third kappa shape index (κ3) is 3.36. The lowest BCUT2D eigenvalue weighted by atomic mass is 10.1. The molecule has 1 amide bonds. The molecule has 0 aliphatic carbocycles. The number of halogens is 6. The maximum absolute atomic E-state index is 13.5. The molecule has 0 aliphatic rings. The van der Waals surface area contributed by atoms with E-state index in [4.69, 9.17) is 11.6 Å². The van der Waals surface area contributed by atoms with Crippen molar-refractivity contribution in [3.05, 3.63) is 62.6 Å². The maximum Gasteiger partial charge on any atom is 0.261 e. The van der Waals surface area contributed by atoms with E-state index in [1.54, 1.807) is 0 Å². The Morgan fingerprint density at radius 3 is 2.05 bits per heavy atom. The summed E-state index contributed by atoms with van der Waals surface area (Å²) in [7, 11) is 0. The van der Waals surface area contributed by atoms with Crippen molar-refractivity contribution in [3.8, 4) is 0 Å². The molecule has 0 aliphatic heterocycles. The molecule has 0 aromatic heterocycles. The Morgan fingerprint density at radius 1 is 1.00 bits per heavy atom. The van der Waals surface area contributed by atoms with E-state index in [1.165, 1.54) is 0 Å². The van der Waals surface area contributed by atoms with Gasteiger partial charge in [0.2, 0.25) is 0 Å². The Hall–Kier alpha value is -1.60. The van der Waals surface area contributed by atoms with Crippen LogP contribution in [0.5, 0.6) is 0 Å². The molecule has 110 valence electrons. The van der Waals surface area contributed by atoms with Crippen LogP contribution in [0.3, 0.4) is 0 Å². The third-order valence-corrected chi connectivity index (χ3v) is 3.40. The molecule has 0 bridgehead atoms. The highest BCUT2D eigenvalue weighted by Crippen LogP contribution is 2.32. The van der Waals surface area contributed by atoms with Crippen LogP contribution in [0.25, 0.3) is 0 Å². The van der Waals surface area contributed by atoms with Gasteiger partial charge in [-0.15, -0.1) is 0 Å². The Balaban J connectivity index is 2.40. The summed E-state index contributed by atoms with van der Waals surface area (Å²) >= 11 is 8.70. The van der Waals surface area contributed by atoms with Crippen molar-refractivity contribution in [3.63, 3.8) is 0 Å². The number of hydrogen-bond acceptors (Lipinski definition) is 1. The van der Waals surface area contributed by atoms with Crippen LogP contribution in [-0.4, -0.2) is 5.91 Å². The molecule has 0 saturated heterocycles. The summed E-state index contributed by atoms with van der Waals surface area (Å²) in [5, 5.41) is 1.97. The van der Waals surface area contributed by atoms with Crippen LogP contribution in [0.2, 0.25) is 5.02 Å². The predicted molar refractivity (Wildman–Crippen MR) is 73.4 cm³/mol. The quantitative estimate of drug-likeness (QED) is 0.735. The normalized spacial score (nSPS) is 10.6. The Bertz CT molecular complexity index is 692. The van der Waals surface area contributed by atoms with E-state index in [2.05, 4.69) is 21.2 Å². The molecule has 21 heavy (non-hydrogen) atoms. The number of hydrogen-bond donors (Lipinski definition) is 1. The monoisotopic (exact) mass is 381 g/mol. The molecule has 0 saturated carbocycles. The zero-order valence-electron chi connectivity index (χ0n) is 9.99. The molecule has 0 atom stereocenters. The lowest BCUT2D eigenvalue weighted by Crippen LogP contribution is -2.17. The van der Waals surface area contributed by atoms with Crippen molar-refractivity contribution >= 4 is 39.1 Å². The molecule has 0 fully saturated rings. The van der Waals surface area contributed by atoms with Gasteiger partial charge < -0.3 is 5.32 Å². The van der Waals surface area contributed by atoms with E-state index in [1.807, 2.05) is 0 Å². The van der Waals surface area contributed by atoms with E-state index < -0.39 is 34.7 Å². The summed E-state index contributed by atoms with van der Waals surface area (Å²) in [5.74, 6) is -5.72. The topological polar surface area (TPSA) is 29.1 Å². The minimum Gasteiger partial charge on any atom is -0.320 e. The number of benzene rings is 2. The van der Waals surface area contributed by atoms with Crippen LogP contribution in [0.15, 0.2) is 28.7 Å². The molecule has 0 unspecified atom stereocenters. The number of carbonyl (C=O) groups excluding carboxylic acids is 1. The zero-order chi connectivity index (χ0) is 15.7. The van der Waals surface area contributed by atoms with Gasteiger partial charge in [0, 0.05) is 16.6 Å². The first-order valence-electron chi connectivity index (χ1n) is 5.40. The molecule has 2 rings (SSSR count). The van der Waals surface area contributed by atoms with Gasteiger partial charge in [-0.25, -0.2) is 17.6 Å². The van der Waals surface area contributed by atoms with Gasteiger partial charge in [-0.1, -0.05) is 11.6 Å². The second kappa shape index (κ2) is 6.03. The number of carbonyl (C=O) groups is 1. The number of anilines is 1. The van der Waals surface area contributed by atoms with Crippen LogP contribution < -0.4 is 5.32 Å². The van der Waals surface area contributed by atoms with Gasteiger partial charge in [-0.3, -0.25) is 4.79 Å². The fraction of sp³-hybridized carbons (Fsp3) is 0. The summed E-state index contributed by atoms with van der Waals surface area (Å²) in [5.41, 5.74) is -1.03. The van der Waals surface area contributed by atoms with Crippen molar-refractivity contribution in [2.75, 3.05) is 5.32 Å². The highest BCUT2D eigenvalue weighted by atomic mass is 79.9. The van der Waals surface area contributed by atoms with Gasteiger partial charge in [-0.05, 0) is 28.1 Å². The van der Waals surface area contributed by atoms with Crippen molar-refractivity contribution in [1.82, 2.24) is 0 Å². The Morgan fingerprint density at radius 2 is 1.52 bits per heavy atom. The summed E-state index contributed by atoms with van der Waals surface area (Å²) in [6.07, 6.45) is 0. The van der Waals surface area contributed by atoms with Gasteiger partial charge in [-0.2, -0.15) is 0 Å². The van der Waals surface area contributed by atoms with Gasteiger partial charge in [0.25, 0.3) is 5.91 Å². The highest BCUT2D eigenvalue weighted by molar-refractivity contribution is 9.10. The van der Waals surface area contributed by atoms with E-state index in [-0.39, 0.29) is 15.2 Å². The largest absolute Gasteiger partial charge is 0.320 e. The first-order valence-corrected chi connectivity index (χ1v) is 6.57. The molecule has 8 heteroatoms. The molecular weight excluding hydrogens is 377 g/mol. The second-order valence-corrected chi connectivity index (χ2v) is 5.20. The Kier molecular flexibility index (Phi) is 4.53. The average molecular weight is 383 g/mol. The highest BCUT2D eigenvalue weighted by Gasteiger charge is 2.21. The predicted octanol–water partition coefficient (Wildman–Crippen LogP) is 4.91. The molecule has 2 aromatic carbocycles. The third-order valence-electron chi connectivity index (χ3n) is 2.48. The van der Waals surface area contributed by atoms with Crippen molar-refractivity contribution in [2.45, 2.75) is 0 Å². The number of rotatable bonds is 2. The second-order valence-electron chi connectivity index (χ2n) is 3.94. The maximum atomic E-state index is 13.5. The molecule has 1 N–H and O–H groups in total. The molecule has 2 aromatic rings. The van der Waals surface area contributed by atoms with E-state index in [0.29, 0.717) is 12.1 Å². The molecule has 0 radical (unpaired) electrons. The molecule has 0 spiro atoms. The molecule has 2 nitrogen and oxygen atoms in total. The molecular formula is C13H5BrClF4NO. The van der Waals surface area contributed by atoms with Crippen LogP contribution in [0, 0.1) is 23.3 Å².